The lowest BCUT2D eigenvalue weighted by Gasteiger charge is -2.14. The molecule has 0 aliphatic heterocycles. The summed E-state index contributed by atoms with van der Waals surface area (Å²) >= 11 is 0. The highest BCUT2D eigenvalue weighted by Crippen LogP contribution is 2.48. The maximum absolute atomic E-state index is 12.5. The summed E-state index contributed by atoms with van der Waals surface area (Å²) in [6, 6.07) is 12.9. The molecule has 5 rings (SSSR count). The molecule has 7 N–H and O–H groups in total. The summed E-state index contributed by atoms with van der Waals surface area (Å²) in [6.07, 6.45) is 0. The van der Waals surface area contributed by atoms with E-state index in [9.17, 15) is 64.0 Å². The minimum atomic E-state index is -5.34. The average molecular weight is 815 g/mol. The number of aryl methyl sites for hydroxylation is 1. The molecule has 0 heterocycles. The number of rotatable bonds is 11. The summed E-state index contributed by atoms with van der Waals surface area (Å²) in [6.45, 7) is 1.59. The van der Waals surface area contributed by atoms with Crippen LogP contribution in [0.5, 0.6) is 5.75 Å². The maximum atomic E-state index is 12.5. The van der Waals surface area contributed by atoms with Gasteiger partial charge in [-0.05, 0) is 67.1 Å². The van der Waals surface area contributed by atoms with Crippen molar-refractivity contribution in [1.29, 1.82) is 0 Å². The number of phenolic OH excluding ortho intramolecular Hbond substituents is 1. The topological polar surface area (TPSA) is 364 Å². The fourth-order valence-corrected chi connectivity index (χ4v) is 6.86. The average Bonchev–Trinajstić information content (AvgIpc) is 3.08. The minimum absolute atomic E-state index is 0.0131. The van der Waals surface area contributed by atoms with Crippen molar-refractivity contribution in [2.45, 2.75) is 21.6 Å². The first kappa shape index (κ1) is 39.6. The molecule has 0 radical (unpaired) electrons. The number of carbonyl (C=O) groups is 1. The lowest BCUT2D eigenvalue weighted by molar-refractivity contribution is -0.385. The molecule has 0 aliphatic rings. The SMILES string of the molecule is Cc1cc(N=Nc2c(S(=O)(=O)O)cc3c(S(=O)(=O)O)cc(N=Nc4ccc([N+](=O)[O-])cc4S(=O)(=O)O)c(O)c3c2N)ccc1N=Nc1cccc(C(=O)O)c1. The number of nitrogen functional groups attached to an aromatic ring is 1. The second-order valence-electron chi connectivity index (χ2n) is 11.1. The van der Waals surface area contributed by atoms with Crippen molar-refractivity contribution in [2.75, 3.05) is 5.73 Å². The van der Waals surface area contributed by atoms with Crippen molar-refractivity contribution in [3.05, 3.63) is 94.0 Å². The Morgan fingerprint density at radius 2 is 1.27 bits per heavy atom. The highest BCUT2D eigenvalue weighted by Gasteiger charge is 2.28. The van der Waals surface area contributed by atoms with Crippen molar-refractivity contribution in [1.82, 2.24) is 0 Å². The number of aromatic carboxylic acids is 1. The van der Waals surface area contributed by atoms with Gasteiger partial charge in [-0.1, -0.05) is 6.07 Å². The van der Waals surface area contributed by atoms with E-state index in [4.69, 9.17) is 5.73 Å². The van der Waals surface area contributed by atoms with Crippen molar-refractivity contribution in [2.24, 2.45) is 30.7 Å². The van der Waals surface area contributed by atoms with E-state index in [1.165, 1.54) is 42.5 Å². The lowest BCUT2D eigenvalue weighted by atomic mass is 10.0. The number of benzene rings is 5. The first-order chi connectivity index (χ1) is 25.6. The number of nitro groups is 1. The van der Waals surface area contributed by atoms with Crippen LogP contribution in [0.15, 0.2) is 118 Å². The summed E-state index contributed by atoms with van der Waals surface area (Å²) in [5.41, 5.74) is 3.25. The number of azo groups is 3. The normalized spacial score (nSPS) is 12.7. The Labute approximate surface area is 308 Å². The third kappa shape index (κ3) is 8.61. The zero-order valence-electron chi connectivity index (χ0n) is 27.3. The molecule has 25 heteroatoms. The first-order valence-corrected chi connectivity index (χ1v) is 18.9. The number of aromatic hydroxyl groups is 1. The van der Waals surface area contributed by atoms with Crippen LogP contribution in [0.4, 0.5) is 45.5 Å². The molecule has 0 aromatic heterocycles. The monoisotopic (exact) mass is 814 g/mol. The number of carboxylic acid groups (broad SMARTS) is 1. The second-order valence-corrected chi connectivity index (χ2v) is 15.2. The summed E-state index contributed by atoms with van der Waals surface area (Å²) in [4.78, 5) is 18.0. The molecular weight excluding hydrogens is 793 g/mol. The molecule has 55 heavy (non-hydrogen) atoms. The van der Waals surface area contributed by atoms with Crippen LogP contribution in [-0.2, 0) is 30.4 Å². The van der Waals surface area contributed by atoms with Gasteiger partial charge in [-0.15, -0.1) is 15.3 Å². The van der Waals surface area contributed by atoms with Gasteiger partial charge in [-0.25, -0.2) is 4.79 Å². The Bertz CT molecular complexity index is 2900. The maximum Gasteiger partial charge on any atom is 0.335 e. The molecule has 0 bridgehead atoms. The lowest BCUT2D eigenvalue weighted by Crippen LogP contribution is -2.05. The number of phenols is 1. The van der Waals surface area contributed by atoms with Crippen LogP contribution in [0.2, 0.25) is 0 Å². The van der Waals surface area contributed by atoms with E-state index in [2.05, 4.69) is 30.7 Å². The number of hydrogen-bond donors (Lipinski definition) is 6. The molecule has 0 saturated carbocycles. The van der Waals surface area contributed by atoms with Crippen molar-refractivity contribution in [3.8, 4) is 5.75 Å². The van der Waals surface area contributed by atoms with Gasteiger partial charge in [-0.3, -0.25) is 23.8 Å². The molecule has 5 aromatic rings. The standard InChI is InChI=1S/C30H22N8O14S3/c1-14-9-17(5-7-20(14)34-32-16-4-2-3-15(10-16)30(40)41)33-37-28-25(55(50,51)52)12-19-23(53(44,45)46)13-22(29(39)26(19)27(28)31)36-35-21-8-6-18(38(42)43)11-24(21)54(47,48)49/h2-13,39H,31H2,1H3,(H,40,41)(H,44,45,46)(H,47,48,49)(H,50,51,52). The smallest absolute Gasteiger partial charge is 0.335 e. The molecule has 0 aliphatic carbocycles. The molecule has 0 saturated heterocycles. The summed E-state index contributed by atoms with van der Waals surface area (Å²) in [7, 11) is -15.8. The van der Waals surface area contributed by atoms with Gasteiger partial charge in [0.2, 0.25) is 0 Å². The van der Waals surface area contributed by atoms with Gasteiger partial charge in [0.15, 0.2) is 5.75 Å². The molecule has 0 spiro atoms. The van der Waals surface area contributed by atoms with Gasteiger partial charge in [-0.2, -0.15) is 40.6 Å². The van der Waals surface area contributed by atoms with E-state index in [1.807, 2.05) is 0 Å². The van der Waals surface area contributed by atoms with Crippen LogP contribution in [0.1, 0.15) is 15.9 Å². The minimum Gasteiger partial charge on any atom is -0.505 e. The van der Waals surface area contributed by atoms with Gasteiger partial charge in [0.1, 0.15) is 31.7 Å². The molecule has 0 unspecified atom stereocenters. The number of hydrogen-bond acceptors (Lipinski definition) is 17. The molecule has 0 atom stereocenters. The van der Waals surface area contributed by atoms with Crippen LogP contribution < -0.4 is 5.73 Å². The molecule has 5 aromatic carbocycles. The van der Waals surface area contributed by atoms with Crippen LogP contribution in [0, 0.1) is 17.0 Å². The Morgan fingerprint density at radius 3 is 1.87 bits per heavy atom. The van der Waals surface area contributed by atoms with E-state index >= 15 is 0 Å². The number of nitrogens with two attached hydrogens (primary N) is 1. The summed E-state index contributed by atoms with van der Waals surface area (Å²) in [5.74, 6) is -2.21. The second kappa shape index (κ2) is 14.6. The number of nitro benzene ring substituents is 1. The van der Waals surface area contributed by atoms with Gasteiger partial charge >= 0.3 is 5.97 Å². The highest BCUT2D eigenvalue weighted by molar-refractivity contribution is 7.86. The number of anilines is 1. The number of carboxylic acids is 1. The van der Waals surface area contributed by atoms with Gasteiger partial charge in [0, 0.05) is 17.5 Å². The van der Waals surface area contributed by atoms with Gasteiger partial charge < -0.3 is 15.9 Å². The molecule has 0 amide bonds. The zero-order valence-corrected chi connectivity index (χ0v) is 29.7. The summed E-state index contributed by atoms with van der Waals surface area (Å²) < 4.78 is 103. The van der Waals surface area contributed by atoms with Gasteiger partial charge in [0.25, 0.3) is 36.0 Å². The van der Waals surface area contributed by atoms with E-state index in [-0.39, 0.29) is 16.9 Å². The Balaban J connectivity index is 1.64. The Hall–Kier alpha value is -6.64. The number of fused-ring (bicyclic) bond motifs is 1. The summed E-state index contributed by atoms with van der Waals surface area (Å²) in [5, 5.41) is 53.0. The number of non-ortho nitro benzene ring substituents is 1. The van der Waals surface area contributed by atoms with Crippen LogP contribution in [0.25, 0.3) is 10.8 Å². The largest absolute Gasteiger partial charge is 0.505 e. The van der Waals surface area contributed by atoms with Crippen LogP contribution >= 0.6 is 0 Å². The quantitative estimate of drug-likeness (QED) is 0.0256. The number of nitrogens with zero attached hydrogens (tertiary/aromatic N) is 7. The fourth-order valence-electron chi connectivity index (χ4n) is 4.85. The Morgan fingerprint density at radius 1 is 0.691 bits per heavy atom. The van der Waals surface area contributed by atoms with E-state index in [0.29, 0.717) is 29.4 Å². The molecule has 22 nitrogen and oxygen atoms in total. The zero-order chi connectivity index (χ0) is 40.6. The first-order valence-electron chi connectivity index (χ1n) is 14.6. The Kier molecular flexibility index (Phi) is 10.5. The van der Waals surface area contributed by atoms with Crippen LogP contribution in [-0.4, -0.2) is 60.0 Å². The third-order valence-corrected chi connectivity index (χ3v) is 10.0. The fraction of sp³-hybridized carbons (Fsp3) is 0.0333. The molecular formula is C30H22N8O14S3. The van der Waals surface area contributed by atoms with Crippen molar-refractivity contribution < 1.29 is 58.8 Å². The third-order valence-electron chi connectivity index (χ3n) is 7.38. The van der Waals surface area contributed by atoms with Gasteiger partial charge in [0.05, 0.1) is 38.6 Å². The predicted molar refractivity (Wildman–Crippen MR) is 190 cm³/mol. The van der Waals surface area contributed by atoms with E-state index < -0.39 is 101 Å². The van der Waals surface area contributed by atoms with Crippen molar-refractivity contribution >= 4 is 92.6 Å². The van der Waals surface area contributed by atoms with E-state index in [0.717, 1.165) is 12.1 Å². The van der Waals surface area contributed by atoms with Crippen LogP contribution in [0.3, 0.4) is 0 Å². The van der Waals surface area contributed by atoms with E-state index in [1.54, 1.807) is 6.92 Å². The predicted octanol–water partition coefficient (Wildman–Crippen LogP) is 7.03. The molecule has 0 fully saturated rings. The van der Waals surface area contributed by atoms with Crippen molar-refractivity contribution in [3.63, 3.8) is 0 Å². The highest BCUT2D eigenvalue weighted by atomic mass is 32.2. The molecule has 284 valence electrons.